The number of fused-ring (bicyclic) bond motifs is 3. The smallest absolute Gasteiger partial charge is 0.0625 e. The molecule has 0 aliphatic heterocycles. The Labute approximate surface area is 188 Å². The number of benzene rings is 4. The lowest BCUT2D eigenvalue weighted by atomic mass is 9.92. The van der Waals surface area contributed by atoms with Crippen LogP contribution in [0.25, 0.3) is 44.2 Å². The van der Waals surface area contributed by atoms with Crippen LogP contribution in [0.2, 0.25) is 0 Å². The second-order valence-corrected chi connectivity index (χ2v) is 8.58. The maximum Gasteiger partial charge on any atom is 0.0625 e. The first-order valence-electron chi connectivity index (χ1n) is 11.4. The Balaban J connectivity index is 1.83. The van der Waals surface area contributed by atoms with E-state index in [9.17, 15) is 0 Å². The molecular weight excluding hydrogens is 386 g/mol. The molecule has 32 heavy (non-hydrogen) atoms. The van der Waals surface area contributed by atoms with Crippen molar-refractivity contribution in [3.05, 3.63) is 120 Å². The molecule has 1 heterocycles. The number of nitrogens with zero attached hydrogens (tertiary/aromatic N) is 1. The molecule has 0 saturated heterocycles. The largest absolute Gasteiger partial charge is 0.309 e. The van der Waals surface area contributed by atoms with Gasteiger partial charge in [0.1, 0.15) is 0 Å². The van der Waals surface area contributed by atoms with E-state index in [0.717, 1.165) is 12.8 Å². The molecule has 1 aromatic heterocycles. The van der Waals surface area contributed by atoms with E-state index in [-0.39, 0.29) is 0 Å². The van der Waals surface area contributed by atoms with E-state index >= 15 is 0 Å². The predicted octanol–water partition coefficient (Wildman–Crippen LogP) is 8.49. The Bertz CT molecular complexity index is 1500. The summed E-state index contributed by atoms with van der Waals surface area (Å²) in [7, 11) is 0. The number of aryl methyl sites for hydroxylation is 1. The molecule has 1 heteroatoms. The molecule has 0 atom stereocenters. The van der Waals surface area contributed by atoms with Crippen molar-refractivity contribution in [1.29, 1.82) is 0 Å². The van der Waals surface area contributed by atoms with Gasteiger partial charge in [0.15, 0.2) is 0 Å². The molecule has 0 amide bonds. The summed E-state index contributed by atoms with van der Waals surface area (Å²) in [6, 6.07) is 33.0. The lowest BCUT2D eigenvalue weighted by Crippen LogP contribution is -1.98. The number of hydrogen-bond acceptors (Lipinski definition) is 0. The van der Waals surface area contributed by atoms with Crippen molar-refractivity contribution in [2.45, 2.75) is 19.8 Å². The van der Waals surface area contributed by atoms with Gasteiger partial charge in [-0.2, -0.15) is 0 Å². The normalized spacial score (nSPS) is 13.6. The maximum atomic E-state index is 2.45. The first-order chi connectivity index (χ1) is 15.8. The average molecular weight is 412 g/mol. The maximum absolute atomic E-state index is 2.45. The molecule has 5 aromatic rings. The zero-order valence-corrected chi connectivity index (χ0v) is 18.3. The van der Waals surface area contributed by atoms with Gasteiger partial charge in [-0.25, -0.2) is 0 Å². The summed E-state index contributed by atoms with van der Waals surface area (Å²) in [5.41, 5.74) is 10.2. The van der Waals surface area contributed by atoms with Crippen LogP contribution in [0.5, 0.6) is 0 Å². The molecular formula is C31H25N. The zero-order valence-electron chi connectivity index (χ0n) is 18.3. The number of allylic oxidation sites excluding steroid dienone is 4. The average Bonchev–Trinajstić information content (AvgIpc) is 3.19. The van der Waals surface area contributed by atoms with E-state index in [1.54, 1.807) is 0 Å². The van der Waals surface area contributed by atoms with Crippen molar-refractivity contribution in [2.75, 3.05) is 0 Å². The van der Waals surface area contributed by atoms with E-state index in [1.807, 2.05) is 0 Å². The highest BCUT2D eigenvalue weighted by atomic mass is 15.0. The van der Waals surface area contributed by atoms with Crippen molar-refractivity contribution in [3.63, 3.8) is 0 Å². The molecule has 1 nitrogen and oxygen atoms in total. The zero-order chi connectivity index (χ0) is 21.5. The van der Waals surface area contributed by atoms with Gasteiger partial charge in [0, 0.05) is 22.0 Å². The van der Waals surface area contributed by atoms with E-state index in [4.69, 9.17) is 0 Å². The highest BCUT2D eigenvalue weighted by Gasteiger charge is 2.20. The van der Waals surface area contributed by atoms with Crippen LogP contribution in [-0.2, 0) is 0 Å². The van der Waals surface area contributed by atoms with Crippen LogP contribution in [0.3, 0.4) is 0 Å². The van der Waals surface area contributed by atoms with Crippen molar-refractivity contribution < 1.29 is 0 Å². The fourth-order valence-electron chi connectivity index (χ4n) is 5.01. The Morgan fingerprint density at radius 3 is 2.22 bits per heavy atom. The summed E-state index contributed by atoms with van der Waals surface area (Å²) >= 11 is 0. The van der Waals surface area contributed by atoms with Gasteiger partial charge in [-0.15, -0.1) is 0 Å². The van der Waals surface area contributed by atoms with Crippen LogP contribution >= 0.6 is 0 Å². The minimum Gasteiger partial charge on any atom is -0.309 e. The van der Waals surface area contributed by atoms with Gasteiger partial charge in [-0.1, -0.05) is 90.5 Å². The Hall–Kier alpha value is -3.84. The number of hydrogen-bond donors (Lipinski definition) is 0. The molecule has 0 radical (unpaired) electrons. The molecule has 1 aliphatic carbocycles. The molecule has 0 unspecified atom stereocenters. The summed E-state index contributed by atoms with van der Waals surface area (Å²) in [5, 5.41) is 2.64. The molecule has 6 rings (SSSR count). The third kappa shape index (κ3) is 3.01. The van der Waals surface area contributed by atoms with Gasteiger partial charge in [0.2, 0.25) is 0 Å². The van der Waals surface area contributed by atoms with Gasteiger partial charge in [0.25, 0.3) is 0 Å². The van der Waals surface area contributed by atoms with Crippen molar-refractivity contribution >= 4 is 27.4 Å². The van der Waals surface area contributed by atoms with E-state index < -0.39 is 0 Å². The lowest BCUT2D eigenvalue weighted by Gasteiger charge is -2.15. The SMILES string of the molecule is Cc1ccc2c(c1)c1c(-c3ccccc3)ccc(C3=CCCC=C3)c1n2-c1ccccc1. The summed E-state index contributed by atoms with van der Waals surface area (Å²) < 4.78 is 2.45. The highest BCUT2D eigenvalue weighted by molar-refractivity contribution is 6.18. The first kappa shape index (κ1) is 18.9. The van der Waals surface area contributed by atoms with E-state index in [2.05, 4.69) is 121 Å². The van der Waals surface area contributed by atoms with Crippen molar-refractivity contribution in [1.82, 2.24) is 4.57 Å². The Morgan fingerprint density at radius 1 is 0.719 bits per heavy atom. The monoisotopic (exact) mass is 411 g/mol. The van der Waals surface area contributed by atoms with Gasteiger partial charge in [-0.05, 0) is 60.7 Å². The topological polar surface area (TPSA) is 4.93 Å². The van der Waals surface area contributed by atoms with Crippen LogP contribution in [0.4, 0.5) is 0 Å². The second-order valence-electron chi connectivity index (χ2n) is 8.58. The molecule has 0 spiro atoms. The predicted molar refractivity (Wildman–Crippen MR) is 137 cm³/mol. The van der Waals surface area contributed by atoms with Crippen molar-refractivity contribution in [2.24, 2.45) is 0 Å². The molecule has 4 aromatic carbocycles. The molecule has 0 saturated carbocycles. The number of rotatable bonds is 3. The minimum atomic E-state index is 1.10. The fourth-order valence-corrected chi connectivity index (χ4v) is 5.01. The van der Waals surface area contributed by atoms with Gasteiger partial charge in [-0.3, -0.25) is 0 Å². The van der Waals surface area contributed by atoms with E-state index in [1.165, 1.54) is 55.3 Å². The number of para-hydroxylation sites is 1. The van der Waals surface area contributed by atoms with Gasteiger partial charge < -0.3 is 4.57 Å². The Morgan fingerprint density at radius 2 is 1.47 bits per heavy atom. The number of aromatic nitrogens is 1. The summed E-state index contributed by atoms with van der Waals surface area (Å²) in [6.07, 6.45) is 9.19. The molecule has 0 bridgehead atoms. The van der Waals surface area contributed by atoms with Crippen LogP contribution in [0.15, 0.2) is 109 Å². The standard InChI is InChI=1S/C31H25N/c1-22-17-20-29-28(21-22)30-26(23-11-5-2-6-12-23)18-19-27(24-13-7-3-8-14-24)31(30)32(29)25-15-9-4-10-16-25/h2,4-7,9-21H,3,8H2,1H3. The fraction of sp³-hybridized carbons (Fsp3) is 0.0968. The first-order valence-corrected chi connectivity index (χ1v) is 11.4. The molecule has 0 fully saturated rings. The third-order valence-electron chi connectivity index (χ3n) is 6.47. The van der Waals surface area contributed by atoms with Crippen LogP contribution < -0.4 is 0 Å². The van der Waals surface area contributed by atoms with Crippen LogP contribution in [-0.4, -0.2) is 4.57 Å². The van der Waals surface area contributed by atoms with Gasteiger partial charge >= 0.3 is 0 Å². The lowest BCUT2D eigenvalue weighted by molar-refractivity contribution is 1.04. The second kappa shape index (κ2) is 7.69. The quantitative estimate of drug-likeness (QED) is 0.280. The summed E-state index contributed by atoms with van der Waals surface area (Å²) in [4.78, 5) is 0. The third-order valence-corrected chi connectivity index (χ3v) is 6.47. The molecule has 1 aliphatic rings. The minimum absolute atomic E-state index is 1.10. The molecule has 154 valence electrons. The summed E-state index contributed by atoms with van der Waals surface area (Å²) in [5.74, 6) is 0. The van der Waals surface area contributed by atoms with Crippen LogP contribution in [0.1, 0.15) is 24.0 Å². The van der Waals surface area contributed by atoms with Gasteiger partial charge in [0.05, 0.1) is 11.0 Å². The summed E-state index contributed by atoms with van der Waals surface area (Å²) in [6.45, 7) is 2.18. The van der Waals surface area contributed by atoms with Crippen molar-refractivity contribution in [3.8, 4) is 16.8 Å². The highest BCUT2D eigenvalue weighted by Crippen LogP contribution is 2.42. The van der Waals surface area contributed by atoms with E-state index in [0.29, 0.717) is 0 Å². The van der Waals surface area contributed by atoms with Crippen LogP contribution in [0, 0.1) is 6.92 Å². The Kier molecular flexibility index (Phi) is 4.54. The molecule has 0 N–H and O–H groups in total.